The molecule has 2 N–H and O–H groups in total. The number of halogens is 3. The molecule has 0 radical (unpaired) electrons. The molecular formula is C14H12F3NO2S. The standard InChI is InChI=1S/C14H12F3NO2S/c1-8(12-3-2-6-21-12)18-11-5-4-9(14(15,16)17)7-10(11)13(19)20/h2-8,18H,1H3,(H,19,20). The fourth-order valence-electron chi connectivity index (χ4n) is 1.87. The number of hydrogen-bond acceptors (Lipinski definition) is 3. The number of hydrogen-bond donors (Lipinski definition) is 2. The van der Waals surface area contributed by atoms with Crippen LogP contribution in [0.5, 0.6) is 0 Å². The highest BCUT2D eigenvalue weighted by molar-refractivity contribution is 7.10. The zero-order valence-electron chi connectivity index (χ0n) is 10.9. The summed E-state index contributed by atoms with van der Waals surface area (Å²) in [6, 6.07) is 6.19. The van der Waals surface area contributed by atoms with E-state index in [-0.39, 0.29) is 11.7 Å². The molecule has 2 aromatic rings. The highest BCUT2D eigenvalue weighted by Crippen LogP contribution is 2.33. The predicted octanol–water partition coefficient (Wildman–Crippen LogP) is 4.64. The van der Waals surface area contributed by atoms with Crippen LogP contribution in [0.15, 0.2) is 35.7 Å². The van der Waals surface area contributed by atoms with E-state index in [9.17, 15) is 18.0 Å². The molecule has 1 heterocycles. The van der Waals surface area contributed by atoms with Crippen molar-refractivity contribution in [3.05, 3.63) is 51.7 Å². The summed E-state index contributed by atoms with van der Waals surface area (Å²) in [5.74, 6) is -1.40. The van der Waals surface area contributed by atoms with E-state index in [0.717, 1.165) is 17.0 Å². The number of aromatic carboxylic acids is 1. The third-order valence-electron chi connectivity index (χ3n) is 2.92. The number of alkyl halides is 3. The molecule has 0 saturated carbocycles. The quantitative estimate of drug-likeness (QED) is 0.864. The van der Waals surface area contributed by atoms with Gasteiger partial charge in [-0.2, -0.15) is 13.2 Å². The van der Waals surface area contributed by atoms with Gasteiger partial charge < -0.3 is 10.4 Å². The van der Waals surface area contributed by atoms with Crippen molar-refractivity contribution in [3.8, 4) is 0 Å². The van der Waals surface area contributed by atoms with Gasteiger partial charge in [0.25, 0.3) is 0 Å². The number of anilines is 1. The Balaban J connectivity index is 2.33. The van der Waals surface area contributed by atoms with Crippen molar-refractivity contribution in [1.29, 1.82) is 0 Å². The Morgan fingerprint density at radius 2 is 2.05 bits per heavy atom. The molecule has 1 atom stereocenters. The second-order valence-corrected chi connectivity index (χ2v) is 5.42. The second-order valence-electron chi connectivity index (χ2n) is 4.44. The summed E-state index contributed by atoms with van der Waals surface area (Å²) in [6.07, 6.45) is -4.57. The van der Waals surface area contributed by atoms with Crippen LogP contribution in [-0.4, -0.2) is 11.1 Å². The van der Waals surface area contributed by atoms with Gasteiger partial charge in [-0.3, -0.25) is 0 Å². The summed E-state index contributed by atoms with van der Waals surface area (Å²) in [4.78, 5) is 12.1. The van der Waals surface area contributed by atoms with Gasteiger partial charge in [-0.15, -0.1) is 11.3 Å². The van der Waals surface area contributed by atoms with Crippen LogP contribution >= 0.6 is 11.3 Å². The van der Waals surface area contributed by atoms with E-state index in [1.165, 1.54) is 11.3 Å². The zero-order chi connectivity index (χ0) is 15.6. The van der Waals surface area contributed by atoms with Crippen molar-refractivity contribution in [2.45, 2.75) is 19.1 Å². The lowest BCUT2D eigenvalue weighted by Crippen LogP contribution is -2.12. The molecule has 0 saturated heterocycles. The molecule has 0 fully saturated rings. The van der Waals surface area contributed by atoms with Crippen molar-refractivity contribution in [3.63, 3.8) is 0 Å². The minimum atomic E-state index is -4.57. The number of nitrogens with one attached hydrogen (secondary N) is 1. The first-order valence-electron chi connectivity index (χ1n) is 6.03. The molecule has 0 aliphatic rings. The first kappa shape index (κ1) is 15.4. The second kappa shape index (κ2) is 5.77. The summed E-state index contributed by atoms with van der Waals surface area (Å²) >= 11 is 1.48. The third-order valence-corrected chi connectivity index (χ3v) is 3.97. The van der Waals surface area contributed by atoms with Crippen molar-refractivity contribution >= 4 is 23.0 Å². The number of thiophene rings is 1. The Morgan fingerprint density at radius 3 is 2.57 bits per heavy atom. The van der Waals surface area contributed by atoms with Gasteiger partial charge in [0, 0.05) is 10.6 Å². The van der Waals surface area contributed by atoms with Crippen LogP contribution in [-0.2, 0) is 6.18 Å². The van der Waals surface area contributed by atoms with Crippen LogP contribution in [0.1, 0.15) is 33.8 Å². The maximum absolute atomic E-state index is 12.6. The van der Waals surface area contributed by atoms with Crippen LogP contribution < -0.4 is 5.32 Å². The Hall–Kier alpha value is -2.02. The molecule has 7 heteroatoms. The van der Waals surface area contributed by atoms with Gasteiger partial charge in [-0.25, -0.2) is 4.79 Å². The molecular weight excluding hydrogens is 303 g/mol. The van der Waals surface area contributed by atoms with Gasteiger partial charge in [0.15, 0.2) is 0 Å². The molecule has 0 spiro atoms. The van der Waals surface area contributed by atoms with E-state index >= 15 is 0 Å². The van der Waals surface area contributed by atoms with E-state index in [1.807, 2.05) is 24.4 Å². The Bertz CT molecular complexity index is 638. The van der Waals surface area contributed by atoms with Gasteiger partial charge in [0.05, 0.1) is 17.2 Å². The van der Waals surface area contributed by atoms with Gasteiger partial charge in [-0.1, -0.05) is 6.07 Å². The van der Waals surface area contributed by atoms with Crippen LogP contribution in [0.4, 0.5) is 18.9 Å². The highest BCUT2D eigenvalue weighted by atomic mass is 32.1. The molecule has 1 unspecified atom stereocenters. The summed E-state index contributed by atoms with van der Waals surface area (Å²) in [5.41, 5.74) is -1.21. The minimum absolute atomic E-state index is 0.163. The van der Waals surface area contributed by atoms with Crippen molar-refractivity contribution < 1.29 is 23.1 Å². The lowest BCUT2D eigenvalue weighted by Gasteiger charge is -2.17. The molecule has 21 heavy (non-hydrogen) atoms. The monoisotopic (exact) mass is 315 g/mol. The maximum Gasteiger partial charge on any atom is 0.416 e. The molecule has 0 amide bonds. The van der Waals surface area contributed by atoms with Gasteiger partial charge >= 0.3 is 12.1 Å². The van der Waals surface area contributed by atoms with Crippen molar-refractivity contribution in [2.75, 3.05) is 5.32 Å². The lowest BCUT2D eigenvalue weighted by molar-refractivity contribution is -0.137. The topological polar surface area (TPSA) is 49.3 Å². The van der Waals surface area contributed by atoms with E-state index in [2.05, 4.69) is 5.32 Å². The molecule has 112 valence electrons. The average Bonchev–Trinajstić information content (AvgIpc) is 2.91. The molecule has 1 aromatic heterocycles. The highest BCUT2D eigenvalue weighted by Gasteiger charge is 2.32. The summed E-state index contributed by atoms with van der Waals surface area (Å²) in [7, 11) is 0. The number of benzene rings is 1. The number of carboxylic acid groups (broad SMARTS) is 1. The van der Waals surface area contributed by atoms with Crippen LogP contribution in [0.2, 0.25) is 0 Å². The average molecular weight is 315 g/mol. The largest absolute Gasteiger partial charge is 0.478 e. The lowest BCUT2D eigenvalue weighted by atomic mass is 10.1. The Morgan fingerprint density at radius 1 is 1.33 bits per heavy atom. The fraction of sp³-hybridized carbons (Fsp3) is 0.214. The molecule has 0 bridgehead atoms. The van der Waals surface area contributed by atoms with Crippen LogP contribution in [0.25, 0.3) is 0 Å². The molecule has 1 aromatic carbocycles. The Labute approximate surface area is 123 Å². The number of rotatable bonds is 4. The normalized spacial score (nSPS) is 13.0. The fourth-order valence-corrected chi connectivity index (χ4v) is 2.60. The number of carbonyl (C=O) groups is 1. The maximum atomic E-state index is 12.6. The van der Waals surface area contributed by atoms with Crippen LogP contribution in [0.3, 0.4) is 0 Å². The molecule has 0 aliphatic carbocycles. The minimum Gasteiger partial charge on any atom is -0.478 e. The van der Waals surface area contributed by atoms with Crippen LogP contribution in [0, 0.1) is 0 Å². The van der Waals surface area contributed by atoms with E-state index in [1.54, 1.807) is 0 Å². The summed E-state index contributed by atoms with van der Waals surface area (Å²) in [5, 5.41) is 13.9. The van der Waals surface area contributed by atoms with E-state index in [0.29, 0.717) is 6.07 Å². The molecule has 0 aliphatic heterocycles. The van der Waals surface area contributed by atoms with E-state index < -0.39 is 23.3 Å². The van der Waals surface area contributed by atoms with Gasteiger partial charge in [0.1, 0.15) is 0 Å². The summed E-state index contributed by atoms with van der Waals surface area (Å²) in [6.45, 7) is 1.81. The first-order valence-corrected chi connectivity index (χ1v) is 6.91. The zero-order valence-corrected chi connectivity index (χ0v) is 11.8. The predicted molar refractivity (Wildman–Crippen MR) is 74.8 cm³/mol. The summed E-state index contributed by atoms with van der Waals surface area (Å²) < 4.78 is 37.9. The van der Waals surface area contributed by atoms with E-state index in [4.69, 9.17) is 5.11 Å². The number of carboxylic acids is 1. The molecule has 3 nitrogen and oxygen atoms in total. The molecule has 2 rings (SSSR count). The van der Waals surface area contributed by atoms with Crippen molar-refractivity contribution in [2.24, 2.45) is 0 Å². The SMILES string of the molecule is CC(Nc1ccc(C(F)(F)F)cc1C(=O)O)c1cccs1. The Kier molecular flexibility index (Phi) is 4.22. The van der Waals surface area contributed by atoms with Gasteiger partial charge in [0.2, 0.25) is 0 Å². The first-order chi connectivity index (χ1) is 9.79. The smallest absolute Gasteiger partial charge is 0.416 e. The van der Waals surface area contributed by atoms with Gasteiger partial charge in [-0.05, 0) is 36.6 Å². The third kappa shape index (κ3) is 3.55. The van der Waals surface area contributed by atoms with Crippen molar-refractivity contribution in [1.82, 2.24) is 0 Å².